The van der Waals surface area contributed by atoms with Gasteiger partial charge in [0.25, 0.3) is 10.0 Å². The summed E-state index contributed by atoms with van der Waals surface area (Å²) in [5.41, 5.74) is 1.21. The monoisotopic (exact) mass is 378 g/mol. The predicted octanol–water partition coefficient (Wildman–Crippen LogP) is 2.95. The van der Waals surface area contributed by atoms with E-state index in [-0.39, 0.29) is 10.8 Å². The molecule has 1 aliphatic heterocycles. The molecule has 6 nitrogen and oxygen atoms in total. The number of ether oxygens (including phenoxy) is 1. The first kappa shape index (κ1) is 17.6. The molecule has 25 heavy (non-hydrogen) atoms. The van der Waals surface area contributed by atoms with E-state index < -0.39 is 10.0 Å². The van der Waals surface area contributed by atoms with Crippen LogP contribution in [0.1, 0.15) is 6.92 Å². The summed E-state index contributed by atoms with van der Waals surface area (Å²) in [5, 5.41) is 0. The molecular weight excluding hydrogens is 360 g/mol. The molecule has 1 aliphatic rings. The fourth-order valence-corrected chi connectivity index (χ4v) is 4.76. The maximum atomic E-state index is 12.6. The summed E-state index contributed by atoms with van der Waals surface area (Å²) in [6.45, 7) is 2.14. The number of carbonyl (C=O) groups excluding carboxylic acids is 1. The minimum Gasteiger partial charge on any atom is -0.497 e. The fraction of sp³-hybridized carbons (Fsp3) is 0.235. The van der Waals surface area contributed by atoms with Gasteiger partial charge in [-0.3, -0.25) is 9.52 Å². The standard InChI is InChI=1S/C17H18N2O4S2/c1-12(20)19-9-10-24-17-11-15(7-8-16(17)19)25(21,22)18-13-3-5-14(23-2)6-4-13/h3-8,11,18H,9-10H2,1-2H3. The van der Waals surface area contributed by atoms with Crippen molar-refractivity contribution in [2.75, 3.05) is 29.0 Å². The number of carbonyl (C=O) groups is 1. The lowest BCUT2D eigenvalue weighted by Crippen LogP contribution is -2.33. The molecule has 2 aromatic rings. The highest BCUT2D eigenvalue weighted by Gasteiger charge is 2.23. The maximum Gasteiger partial charge on any atom is 0.261 e. The molecular formula is C17H18N2O4S2. The van der Waals surface area contributed by atoms with E-state index >= 15 is 0 Å². The molecule has 132 valence electrons. The molecule has 1 heterocycles. The van der Waals surface area contributed by atoms with Gasteiger partial charge in [-0.1, -0.05) is 0 Å². The first-order valence-electron chi connectivity index (χ1n) is 7.62. The highest BCUT2D eigenvalue weighted by Crippen LogP contribution is 2.36. The molecule has 1 N–H and O–H groups in total. The number of hydrogen-bond donors (Lipinski definition) is 1. The third-order valence-corrected chi connectivity index (χ3v) is 6.23. The number of anilines is 2. The van der Waals surface area contributed by atoms with Gasteiger partial charge in [0.1, 0.15) is 5.75 Å². The van der Waals surface area contributed by atoms with E-state index in [1.807, 2.05) is 0 Å². The Morgan fingerprint density at radius 2 is 1.92 bits per heavy atom. The van der Waals surface area contributed by atoms with Crippen LogP contribution < -0.4 is 14.4 Å². The lowest BCUT2D eigenvalue weighted by atomic mass is 10.2. The van der Waals surface area contributed by atoms with Crippen molar-refractivity contribution in [1.82, 2.24) is 0 Å². The van der Waals surface area contributed by atoms with Crippen LogP contribution in [0.4, 0.5) is 11.4 Å². The Morgan fingerprint density at radius 3 is 2.56 bits per heavy atom. The molecule has 1 amide bonds. The van der Waals surface area contributed by atoms with Gasteiger partial charge in [-0.25, -0.2) is 8.42 Å². The molecule has 0 unspecified atom stereocenters. The number of rotatable bonds is 4. The zero-order valence-electron chi connectivity index (χ0n) is 13.9. The molecule has 3 rings (SSSR count). The largest absolute Gasteiger partial charge is 0.497 e. The predicted molar refractivity (Wildman–Crippen MR) is 99.0 cm³/mol. The third kappa shape index (κ3) is 3.74. The van der Waals surface area contributed by atoms with E-state index in [1.54, 1.807) is 60.2 Å². The first-order valence-corrected chi connectivity index (χ1v) is 10.1. The van der Waals surface area contributed by atoms with E-state index in [2.05, 4.69) is 4.72 Å². The molecule has 0 aromatic heterocycles. The Bertz CT molecular complexity index is 895. The summed E-state index contributed by atoms with van der Waals surface area (Å²) >= 11 is 1.55. The summed E-state index contributed by atoms with van der Waals surface area (Å²) in [6.07, 6.45) is 0. The second kappa shape index (κ2) is 6.97. The molecule has 0 radical (unpaired) electrons. The number of thioether (sulfide) groups is 1. The van der Waals surface area contributed by atoms with E-state index in [0.717, 1.165) is 16.3 Å². The van der Waals surface area contributed by atoms with Gasteiger partial charge in [0.15, 0.2) is 0 Å². The summed E-state index contributed by atoms with van der Waals surface area (Å²) in [5.74, 6) is 1.34. The van der Waals surface area contributed by atoms with Gasteiger partial charge in [-0.15, -0.1) is 11.8 Å². The first-order chi connectivity index (χ1) is 11.9. The molecule has 0 saturated carbocycles. The number of hydrogen-bond acceptors (Lipinski definition) is 5. The highest BCUT2D eigenvalue weighted by molar-refractivity contribution is 7.99. The average molecular weight is 378 g/mol. The minimum absolute atomic E-state index is 0.0477. The number of methoxy groups -OCH3 is 1. The number of amides is 1. The van der Waals surface area contributed by atoms with Gasteiger partial charge in [-0.05, 0) is 42.5 Å². The van der Waals surface area contributed by atoms with Crippen LogP contribution in [0.15, 0.2) is 52.3 Å². The summed E-state index contributed by atoms with van der Waals surface area (Å²) < 4.78 is 32.9. The third-order valence-electron chi connectivity index (χ3n) is 3.83. The Labute approximate surface area is 151 Å². The number of benzene rings is 2. The van der Waals surface area contributed by atoms with Gasteiger partial charge in [-0.2, -0.15) is 0 Å². The number of nitrogens with zero attached hydrogens (tertiary/aromatic N) is 1. The van der Waals surface area contributed by atoms with Crippen LogP contribution in [-0.2, 0) is 14.8 Å². The molecule has 0 aliphatic carbocycles. The maximum absolute atomic E-state index is 12.6. The SMILES string of the molecule is COc1ccc(NS(=O)(=O)c2ccc3c(c2)SCCN3C(C)=O)cc1. The quantitative estimate of drug-likeness (QED) is 0.885. The van der Waals surface area contributed by atoms with Crippen LogP contribution in [0, 0.1) is 0 Å². The van der Waals surface area contributed by atoms with Crippen molar-refractivity contribution in [2.45, 2.75) is 16.7 Å². The summed E-state index contributed by atoms with van der Waals surface area (Å²) in [4.78, 5) is 14.3. The fourth-order valence-electron chi connectivity index (χ4n) is 2.57. The van der Waals surface area contributed by atoms with Gasteiger partial charge < -0.3 is 9.64 Å². The summed E-state index contributed by atoms with van der Waals surface area (Å²) in [7, 11) is -2.16. The van der Waals surface area contributed by atoms with Gasteiger partial charge in [0.2, 0.25) is 5.91 Å². The van der Waals surface area contributed by atoms with Crippen LogP contribution >= 0.6 is 11.8 Å². The number of nitrogens with one attached hydrogen (secondary N) is 1. The Hall–Kier alpha value is -2.19. The molecule has 0 atom stereocenters. The Balaban J connectivity index is 1.88. The van der Waals surface area contributed by atoms with Crippen LogP contribution in [-0.4, -0.2) is 33.7 Å². The van der Waals surface area contributed by atoms with Crippen LogP contribution in [0.2, 0.25) is 0 Å². The molecule has 0 spiro atoms. The molecule has 0 saturated heterocycles. The van der Waals surface area contributed by atoms with E-state index in [4.69, 9.17) is 4.74 Å². The van der Waals surface area contributed by atoms with Crippen LogP contribution in [0.5, 0.6) is 5.75 Å². The molecule has 0 bridgehead atoms. The average Bonchev–Trinajstić information content (AvgIpc) is 2.61. The van der Waals surface area contributed by atoms with Crippen molar-refractivity contribution in [2.24, 2.45) is 0 Å². The van der Waals surface area contributed by atoms with Crippen molar-refractivity contribution in [3.8, 4) is 5.75 Å². The second-order valence-electron chi connectivity index (χ2n) is 5.48. The van der Waals surface area contributed by atoms with Gasteiger partial charge >= 0.3 is 0 Å². The topological polar surface area (TPSA) is 75.7 Å². The normalized spacial score (nSPS) is 13.9. The lowest BCUT2D eigenvalue weighted by molar-refractivity contribution is -0.116. The van der Waals surface area contributed by atoms with Crippen molar-refractivity contribution < 1.29 is 17.9 Å². The zero-order chi connectivity index (χ0) is 18.0. The molecule has 2 aromatic carbocycles. The van der Waals surface area contributed by atoms with Crippen molar-refractivity contribution in [1.29, 1.82) is 0 Å². The molecule has 0 fully saturated rings. The smallest absolute Gasteiger partial charge is 0.261 e. The Kier molecular flexibility index (Phi) is 4.91. The van der Waals surface area contributed by atoms with E-state index in [9.17, 15) is 13.2 Å². The summed E-state index contributed by atoms with van der Waals surface area (Å²) in [6, 6.07) is 11.5. The van der Waals surface area contributed by atoms with Crippen molar-refractivity contribution in [3.05, 3.63) is 42.5 Å². The van der Waals surface area contributed by atoms with Crippen molar-refractivity contribution in [3.63, 3.8) is 0 Å². The Morgan fingerprint density at radius 1 is 1.20 bits per heavy atom. The van der Waals surface area contributed by atoms with Crippen molar-refractivity contribution >= 4 is 39.1 Å². The lowest BCUT2D eigenvalue weighted by Gasteiger charge is -2.28. The van der Waals surface area contributed by atoms with Crippen LogP contribution in [0.25, 0.3) is 0 Å². The number of fused-ring (bicyclic) bond motifs is 1. The van der Waals surface area contributed by atoms with Gasteiger partial charge in [0.05, 0.1) is 17.7 Å². The minimum atomic E-state index is -3.71. The van der Waals surface area contributed by atoms with Gasteiger partial charge in [0, 0.05) is 29.8 Å². The van der Waals surface area contributed by atoms with E-state index in [1.165, 1.54) is 13.0 Å². The van der Waals surface area contributed by atoms with E-state index in [0.29, 0.717) is 18.0 Å². The highest BCUT2D eigenvalue weighted by atomic mass is 32.2. The van der Waals surface area contributed by atoms with Crippen LogP contribution in [0.3, 0.4) is 0 Å². The second-order valence-corrected chi connectivity index (χ2v) is 8.30. The zero-order valence-corrected chi connectivity index (χ0v) is 15.5. The molecule has 8 heteroatoms. The number of sulfonamides is 1.